The van der Waals surface area contributed by atoms with Gasteiger partial charge in [0.25, 0.3) is 11.8 Å². The lowest BCUT2D eigenvalue weighted by Gasteiger charge is -2.16. The summed E-state index contributed by atoms with van der Waals surface area (Å²) in [5.41, 5.74) is 6.86. The van der Waals surface area contributed by atoms with Crippen LogP contribution < -0.4 is 20.7 Å². The van der Waals surface area contributed by atoms with Gasteiger partial charge in [-0.05, 0) is 49.2 Å². The highest BCUT2D eigenvalue weighted by Crippen LogP contribution is 2.23. The van der Waals surface area contributed by atoms with Crippen LogP contribution in [0.3, 0.4) is 0 Å². The van der Waals surface area contributed by atoms with E-state index in [1.165, 1.54) is 12.4 Å². The number of carbonyl (C=O) groups is 4. The van der Waals surface area contributed by atoms with Gasteiger partial charge in [0.2, 0.25) is 11.8 Å². The lowest BCUT2D eigenvalue weighted by Crippen LogP contribution is -2.24. The van der Waals surface area contributed by atoms with Gasteiger partial charge in [0.05, 0.1) is 12.4 Å². The molecule has 10 heteroatoms. The van der Waals surface area contributed by atoms with Gasteiger partial charge in [-0.3, -0.25) is 19.2 Å². The van der Waals surface area contributed by atoms with Crippen molar-refractivity contribution in [1.82, 2.24) is 10.9 Å². The van der Waals surface area contributed by atoms with Crippen LogP contribution in [0.15, 0.2) is 58.7 Å². The van der Waals surface area contributed by atoms with E-state index < -0.39 is 11.8 Å². The Morgan fingerprint density at radius 3 is 1.56 bits per heavy atom. The average molecular weight is 460 g/mol. The average Bonchev–Trinajstić information content (AvgIpc) is 3.49. The topological polar surface area (TPSA) is 124 Å². The molecular formula is C24H24N6O4. The zero-order valence-electron chi connectivity index (χ0n) is 18.4. The number of hydrogen-bond acceptors (Lipinski definition) is 6. The Hall–Kier alpha value is -4.34. The summed E-state index contributed by atoms with van der Waals surface area (Å²) in [5.74, 6) is -0.777. The highest BCUT2D eigenvalue weighted by molar-refractivity contribution is 6.16. The Bertz CT molecular complexity index is 1080. The summed E-state index contributed by atoms with van der Waals surface area (Å²) in [6.45, 7) is 1.29. The molecule has 2 heterocycles. The van der Waals surface area contributed by atoms with Gasteiger partial charge in [0.15, 0.2) is 0 Å². The Kier molecular flexibility index (Phi) is 7.07. The number of benzene rings is 2. The number of hydrazone groups is 2. The summed E-state index contributed by atoms with van der Waals surface area (Å²) in [4.78, 5) is 51.7. The first-order chi connectivity index (χ1) is 16.5. The van der Waals surface area contributed by atoms with Crippen LogP contribution in [0.2, 0.25) is 0 Å². The monoisotopic (exact) mass is 460 g/mol. The highest BCUT2D eigenvalue weighted by atomic mass is 16.2. The SMILES string of the molecule is O=C(NN=CC=NNC(=O)c1cccc(N2CCCC2=O)c1)c1cccc(N2CCCC2=O)c1. The molecular weight excluding hydrogens is 436 g/mol. The van der Waals surface area contributed by atoms with Crippen molar-refractivity contribution < 1.29 is 19.2 Å². The Balaban J connectivity index is 1.27. The summed E-state index contributed by atoms with van der Waals surface area (Å²) in [5, 5.41) is 7.57. The van der Waals surface area contributed by atoms with E-state index in [1.807, 2.05) is 0 Å². The van der Waals surface area contributed by atoms with Gasteiger partial charge < -0.3 is 9.80 Å². The third-order valence-electron chi connectivity index (χ3n) is 5.53. The number of nitrogens with one attached hydrogen (secondary N) is 2. The second-order valence-corrected chi connectivity index (χ2v) is 7.84. The lowest BCUT2D eigenvalue weighted by atomic mass is 10.2. The van der Waals surface area contributed by atoms with E-state index in [-0.39, 0.29) is 11.8 Å². The minimum absolute atomic E-state index is 0.0464. The Morgan fingerprint density at radius 2 is 1.18 bits per heavy atom. The molecule has 4 rings (SSSR count). The van der Waals surface area contributed by atoms with Crippen molar-refractivity contribution >= 4 is 47.4 Å². The molecule has 34 heavy (non-hydrogen) atoms. The number of nitrogens with zero attached hydrogens (tertiary/aromatic N) is 4. The van der Waals surface area contributed by atoms with Gasteiger partial charge in [-0.25, -0.2) is 10.9 Å². The molecule has 2 aliphatic heterocycles. The minimum atomic E-state index is -0.435. The van der Waals surface area contributed by atoms with Gasteiger partial charge in [-0.15, -0.1) is 0 Å². The second-order valence-electron chi connectivity index (χ2n) is 7.84. The van der Waals surface area contributed by atoms with Crippen LogP contribution in [0.4, 0.5) is 11.4 Å². The molecule has 174 valence electrons. The maximum Gasteiger partial charge on any atom is 0.271 e. The zero-order valence-corrected chi connectivity index (χ0v) is 18.4. The van der Waals surface area contributed by atoms with Crippen LogP contribution in [0.5, 0.6) is 0 Å². The number of anilines is 2. The third kappa shape index (κ3) is 5.34. The molecule has 0 atom stereocenters. The van der Waals surface area contributed by atoms with Gasteiger partial charge in [-0.1, -0.05) is 12.1 Å². The third-order valence-corrected chi connectivity index (χ3v) is 5.53. The largest absolute Gasteiger partial charge is 0.312 e. The normalized spacial score (nSPS) is 16.1. The molecule has 2 aliphatic rings. The first-order valence-corrected chi connectivity index (χ1v) is 11.0. The fraction of sp³-hybridized carbons (Fsp3) is 0.250. The van der Waals surface area contributed by atoms with E-state index in [4.69, 9.17) is 0 Å². The number of rotatable bonds is 7. The van der Waals surface area contributed by atoms with Gasteiger partial charge in [0.1, 0.15) is 0 Å². The summed E-state index contributed by atoms with van der Waals surface area (Å²) >= 11 is 0. The number of carbonyl (C=O) groups excluding carboxylic acids is 4. The van der Waals surface area contributed by atoms with Crippen molar-refractivity contribution in [3.8, 4) is 0 Å². The number of amides is 4. The first kappa shape index (κ1) is 22.8. The molecule has 2 N–H and O–H groups in total. The zero-order chi connectivity index (χ0) is 23.9. The molecule has 10 nitrogen and oxygen atoms in total. The Labute approximate surface area is 196 Å². The molecule has 0 aromatic heterocycles. The van der Waals surface area contributed by atoms with Crippen molar-refractivity contribution in [2.24, 2.45) is 10.2 Å². The van der Waals surface area contributed by atoms with Crippen LogP contribution in [0.1, 0.15) is 46.4 Å². The van der Waals surface area contributed by atoms with E-state index in [9.17, 15) is 19.2 Å². The van der Waals surface area contributed by atoms with Crippen LogP contribution in [-0.4, -0.2) is 49.1 Å². The van der Waals surface area contributed by atoms with Crippen molar-refractivity contribution in [2.45, 2.75) is 25.7 Å². The van der Waals surface area contributed by atoms with Crippen molar-refractivity contribution in [2.75, 3.05) is 22.9 Å². The highest BCUT2D eigenvalue weighted by Gasteiger charge is 2.23. The van der Waals surface area contributed by atoms with E-state index in [1.54, 1.807) is 58.3 Å². The van der Waals surface area contributed by atoms with Crippen molar-refractivity contribution in [3.63, 3.8) is 0 Å². The molecule has 0 radical (unpaired) electrons. The predicted molar refractivity (Wildman–Crippen MR) is 128 cm³/mol. The van der Waals surface area contributed by atoms with Crippen LogP contribution in [0, 0.1) is 0 Å². The summed E-state index contributed by atoms with van der Waals surface area (Å²) in [6, 6.07) is 13.6. The molecule has 2 aromatic rings. The van der Waals surface area contributed by atoms with Crippen molar-refractivity contribution in [3.05, 3.63) is 59.7 Å². The molecule has 0 spiro atoms. The fourth-order valence-corrected chi connectivity index (χ4v) is 3.86. The first-order valence-electron chi connectivity index (χ1n) is 11.0. The van der Waals surface area contributed by atoms with E-state index in [0.717, 1.165) is 12.8 Å². The standard InChI is InChI=1S/C24H24N6O4/c31-21-9-3-13-29(21)19-7-1-5-17(15-19)23(33)27-25-11-12-26-28-24(34)18-6-2-8-20(16-18)30-14-4-10-22(30)32/h1-2,5-8,11-12,15-16H,3-4,9-10,13-14H2,(H,27,33)(H,28,34). The molecule has 2 saturated heterocycles. The number of hydrogen-bond donors (Lipinski definition) is 2. The molecule has 0 saturated carbocycles. The smallest absolute Gasteiger partial charge is 0.271 e. The minimum Gasteiger partial charge on any atom is -0.312 e. The molecule has 4 amide bonds. The molecule has 0 unspecified atom stereocenters. The molecule has 2 fully saturated rings. The predicted octanol–water partition coefficient (Wildman–Crippen LogP) is 2.07. The Morgan fingerprint density at radius 1 is 0.735 bits per heavy atom. The van der Waals surface area contributed by atoms with E-state index in [2.05, 4.69) is 21.1 Å². The van der Waals surface area contributed by atoms with Gasteiger partial charge in [-0.2, -0.15) is 10.2 Å². The van der Waals surface area contributed by atoms with Gasteiger partial charge in [0, 0.05) is 48.4 Å². The molecule has 0 bridgehead atoms. The molecule has 0 aliphatic carbocycles. The second kappa shape index (κ2) is 10.5. The van der Waals surface area contributed by atoms with Crippen LogP contribution in [-0.2, 0) is 9.59 Å². The maximum atomic E-state index is 12.3. The van der Waals surface area contributed by atoms with Crippen LogP contribution in [0.25, 0.3) is 0 Å². The summed E-state index contributed by atoms with van der Waals surface area (Å²) < 4.78 is 0. The molecule has 2 aromatic carbocycles. The van der Waals surface area contributed by atoms with E-state index in [0.29, 0.717) is 48.4 Å². The van der Waals surface area contributed by atoms with Crippen LogP contribution >= 0.6 is 0 Å². The maximum absolute atomic E-state index is 12.3. The summed E-state index contributed by atoms with van der Waals surface area (Å²) in [7, 11) is 0. The van der Waals surface area contributed by atoms with Crippen molar-refractivity contribution in [1.29, 1.82) is 0 Å². The van der Waals surface area contributed by atoms with E-state index >= 15 is 0 Å². The fourth-order valence-electron chi connectivity index (χ4n) is 3.86. The summed E-state index contributed by atoms with van der Waals surface area (Å²) in [6.07, 6.45) is 5.09. The quantitative estimate of drug-likeness (QED) is 0.485. The lowest BCUT2D eigenvalue weighted by molar-refractivity contribution is -0.117. The van der Waals surface area contributed by atoms with Gasteiger partial charge >= 0.3 is 0 Å².